The lowest BCUT2D eigenvalue weighted by atomic mass is 10.2. The summed E-state index contributed by atoms with van der Waals surface area (Å²) in [7, 11) is -4.28. The fourth-order valence-electron chi connectivity index (χ4n) is 1.76. The molecular weight excluding hydrogens is 341 g/mol. The van der Waals surface area contributed by atoms with Crippen LogP contribution in [0, 0.1) is 11.6 Å². The molecule has 2 aromatic rings. The largest absolute Gasteiger partial charge is 0.416 e. The Morgan fingerprint density at radius 3 is 2.30 bits per heavy atom. The predicted octanol–water partition coefficient (Wildman–Crippen LogP) is 3.46. The fraction of sp³-hybridized carbons (Fsp3) is 0.143. The molecule has 0 saturated carbocycles. The molecule has 0 aromatic heterocycles. The molecule has 1 N–H and O–H groups in total. The van der Waals surface area contributed by atoms with Gasteiger partial charge in [0, 0.05) is 18.2 Å². The summed E-state index contributed by atoms with van der Waals surface area (Å²) in [5.41, 5.74) is -1.25. The number of alkyl halides is 3. The Labute approximate surface area is 128 Å². The first-order valence-corrected chi connectivity index (χ1v) is 7.69. The smallest absolute Gasteiger partial charge is 0.207 e. The van der Waals surface area contributed by atoms with E-state index in [1.807, 2.05) is 4.72 Å². The molecule has 9 heteroatoms. The minimum atomic E-state index is -4.69. The van der Waals surface area contributed by atoms with Crippen LogP contribution in [0.1, 0.15) is 11.1 Å². The van der Waals surface area contributed by atoms with Crippen LogP contribution < -0.4 is 4.72 Å². The van der Waals surface area contributed by atoms with E-state index in [9.17, 15) is 30.4 Å². The summed E-state index contributed by atoms with van der Waals surface area (Å²) >= 11 is 0. The molecule has 124 valence electrons. The lowest BCUT2D eigenvalue weighted by Crippen LogP contribution is -2.24. The third-order valence-electron chi connectivity index (χ3n) is 2.94. The van der Waals surface area contributed by atoms with Crippen LogP contribution in [0.5, 0.6) is 0 Å². The van der Waals surface area contributed by atoms with Crippen LogP contribution in [0.15, 0.2) is 47.4 Å². The summed E-state index contributed by atoms with van der Waals surface area (Å²) in [6, 6.07) is 5.71. The molecule has 0 unspecified atom stereocenters. The van der Waals surface area contributed by atoms with E-state index in [0.29, 0.717) is 12.1 Å². The number of sulfonamides is 1. The van der Waals surface area contributed by atoms with Crippen LogP contribution in [0.4, 0.5) is 22.0 Å². The first-order valence-electron chi connectivity index (χ1n) is 6.20. The van der Waals surface area contributed by atoms with Gasteiger partial charge in [0.25, 0.3) is 0 Å². The van der Waals surface area contributed by atoms with Crippen molar-refractivity contribution < 1.29 is 30.4 Å². The maximum absolute atomic E-state index is 13.4. The molecule has 2 aromatic carbocycles. The van der Waals surface area contributed by atoms with Gasteiger partial charge in [0.1, 0.15) is 11.6 Å². The van der Waals surface area contributed by atoms with Crippen molar-refractivity contribution in [3.63, 3.8) is 0 Å². The van der Waals surface area contributed by atoms with Crippen LogP contribution >= 0.6 is 0 Å². The van der Waals surface area contributed by atoms with E-state index in [4.69, 9.17) is 0 Å². The van der Waals surface area contributed by atoms with E-state index in [1.165, 1.54) is 0 Å². The average molecular weight is 351 g/mol. The summed E-state index contributed by atoms with van der Waals surface area (Å²) in [4.78, 5) is -0.602. The number of nitrogens with one attached hydrogen (secondary N) is 1. The lowest BCUT2D eigenvalue weighted by molar-refractivity contribution is -0.137. The van der Waals surface area contributed by atoms with Gasteiger partial charge in [0.05, 0.1) is 10.5 Å². The van der Waals surface area contributed by atoms with E-state index >= 15 is 0 Å². The highest BCUT2D eigenvalue weighted by molar-refractivity contribution is 7.89. The SMILES string of the molecule is O=S(=O)(NCc1ccc(F)cc1F)c1cccc(C(F)(F)F)c1. The molecule has 0 radical (unpaired) electrons. The van der Waals surface area contributed by atoms with Gasteiger partial charge in [-0.2, -0.15) is 13.2 Å². The fourth-order valence-corrected chi connectivity index (χ4v) is 2.81. The van der Waals surface area contributed by atoms with Gasteiger partial charge < -0.3 is 0 Å². The minimum absolute atomic E-state index is 0.137. The zero-order chi connectivity index (χ0) is 17.3. The first kappa shape index (κ1) is 17.4. The third-order valence-corrected chi connectivity index (χ3v) is 4.34. The molecule has 0 amide bonds. The number of halogens is 5. The van der Waals surface area contributed by atoms with E-state index in [-0.39, 0.29) is 5.56 Å². The number of hydrogen-bond acceptors (Lipinski definition) is 2. The quantitative estimate of drug-likeness (QED) is 0.858. The number of benzene rings is 2. The standard InChI is InChI=1S/C14H10F5NO2S/c15-11-5-4-9(13(16)7-11)8-20-23(21,22)12-3-1-2-10(6-12)14(17,18)19/h1-7,20H,8H2. The summed E-state index contributed by atoms with van der Waals surface area (Å²) in [6.07, 6.45) is -4.69. The van der Waals surface area contributed by atoms with Crippen LogP contribution in [-0.4, -0.2) is 8.42 Å². The molecule has 0 heterocycles. The predicted molar refractivity (Wildman–Crippen MR) is 71.8 cm³/mol. The number of hydrogen-bond donors (Lipinski definition) is 1. The Kier molecular flexibility index (Phi) is 4.71. The van der Waals surface area contributed by atoms with Crippen LogP contribution in [0.25, 0.3) is 0 Å². The minimum Gasteiger partial charge on any atom is -0.207 e. The normalized spacial score (nSPS) is 12.4. The van der Waals surface area contributed by atoms with Crippen molar-refractivity contribution in [1.29, 1.82) is 0 Å². The maximum Gasteiger partial charge on any atom is 0.416 e. The monoisotopic (exact) mass is 351 g/mol. The summed E-state index contributed by atoms with van der Waals surface area (Å²) in [6.45, 7) is -0.523. The molecule has 3 nitrogen and oxygen atoms in total. The molecule has 2 rings (SSSR count). The first-order chi connectivity index (χ1) is 10.6. The molecule has 0 aliphatic carbocycles. The molecule has 0 aliphatic heterocycles. The van der Waals surface area contributed by atoms with Crippen molar-refractivity contribution in [2.24, 2.45) is 0 Å². The molecule has 0 fully saturated rings. The molecule has 0 bridgehead atoms. The molecule has 0 spiro atoms. The Balaban J connectivity index is 2.22. The van der Waals surface area contributed by atoms with Crippen molar-refractivity contribution in [2.75, 3.05) is 0 Å². The summed E-state index contributed by atoms with van der Waals surface area (Å²) in [5.74, 6) is -1.79. The topological polar surface area (TPSA) is 46.2 Å². The van der Waals surface area contributed by atoms with Gasteiger partial charge in [-0.3, -0.25) is 0 Å². The maximum atomic E-state index is 13.4. The third kappa shape index (κ3) is 4.26. The second-order valence-corrected chi connectivity index (χ2v) is 6.35. The lowest BCUT2D eigenvalue weighted by Gasteiger charge is -2.10. The highest BCUT2D eigenvalue weighted by atomic mass is 32.2. The average Bonchev–Trinajstić information content (AvgIpc) is 2.45. The molecular formula is C14H10F5NO2S. The van der Waals surface area contributed by atoms with E-state index in [2.05, 4.69) is 0 Å². The second-order valence-electron chi connectivity index (χ2n) is 4.59. The van der Waals surface area contributed by atoms with Crippen LogP contribution in [0.2, 0.25) is 0 Å². The summed E-state index contributed by atoms with van der Waals surface area (Å²) < 4.78 is 89.9. The van der Waals surface area contributed by atoms with Crippen molar-refractivity contribution in [2.45, 2.75) is 17.6 Å². The van der Waals surface area contributed by atoms with Gasteiger partial charge in [-0.25, -0.2) is 21.9 Å². The molecule has 0 aliphatic rings. The summed E-state index contributed by atoms with van der Waals surface area (Å²) in [5, 5.41) is 0. The van der Waals surface area contributed by atoms with Gasteiger partial charge in [-0.15, -0.1) is 0 Å². The van der Waals surface area contributed by atoms with Crippen molar-refractivity contribution in [1.82, 2.24) is 4.72 Å². The van der Waals surface area contributed by atoms with Gasteiger partial charge in [0.2, 0.25) is 10.0 Å². The molecule has 0 atom stereocenters. The van der Waals surface area contributed by atoms with Gasteiger partial charge in [-0.1, -0.05) is 12.1 Å². The highest BCUT2D eigenvalue weighted by Gasteiger charge is 2.31. The molecule has 0 saturated heterocycles. The Bertz CT molecular complexity index is 818. The Hall–Kier alpha value is -2.00. The van der Waals surface area contributed by atoms with E-state index in [1.54, 1.807) is 0 Å². The van der Waals surface area contributed by atoms with Gasteiger partial charge >= 0.3 is 6.18 Å². The van der Waals surface area contributed by atoms with Crippen molar-refractivity contribution >= 4 is 10.0 Å². The van der Waals surface area contributed by atoms with Gasteiger partial charge in [0.15, 0.2) is 0 Å². The highest BCUT2D eigenvalue weighted by Crippen LogP contribution is 2.30. The zero-order valence-electron chi connectivity index (χ0n) is 11.4. The Morgan fingerprint density at radius 2 is 1.70 bits per heavy atom. The second kappa shape index (κ2) is 6.25. The number of rotatable bonds is 4. The van der Waals surface area contributed by atoms with Crippen LogP contribution in [0.3, 0.4) is 0 Å². The van der Waals surface area contributed by atoms with Crippen molar-refractivity contribution in [3.05, 3.63) is 65.2 Å². The van der Waals surface area contributed by atoms with Crippen LogP contribution in [-0.2, 0) is 22.7 Å². The van der Waals surface area contributed by atoms with Gasteiger partial charge in [-0.05, 0) is 24.3 Å². The van der Waals surface area contributed by atoms with E-state index < -0.39 is 44.8 Å². The van der Waals surface area contributed by atoms with Crippen molar-refractivity contribution in [3.8, 4) is 0 Å². The Morgan fingerprint density at radius 1 is 1.00 bits per heavy atom. The molecule has 23 heavy (non-hydrogen) atoms. The van der Waals surface area contributed by atoms with E-state index in [0.717, 1.165) is 30.3 Å². The zero-order valence-corrected chi connectivity index (χ0v) is 12.2.